The summed E-state index contributed by atoms with van der Waals surface area (Å²) >= 11 is 1.51. The maximum absolute atomic E-state index is 12.9. The van der Waals surface area contributed by atoms with Crippen LogP contribution in [0.25, 0.3) is 0 Å². The molecule has 0 saturated carbocycles. The first-order valence-electron chi connectivity index (χ1n) is 11.9. The molecule has 2 amide bonds. The summed E-state index contributed by atoms with van der Waals surface area (Å²) in [5, 5.41) is 19.5. The number of aryl methyl sites for hydroxylation is 1. The molecule has 4 heterocycles. The first-order chi connectivity index (χ1) is 16.8. The third-order valence-electron chi connectivity index (χ3n) is 7.59. The van der Waals surface area contributed by atoms with Crippen molar-refractivity contribution in [1.29, 1.82) is 0 Å². The number of hydrogen-bond acceptors (Lipinski definition) is 7. The van der Waals surface area contributed by atoms with Crippen molar-refractivity contribution in [3.05, 3.63) is 63.0 Å². The lowest BCUT2D eigenvalue weighted by Crippen LogP contribution is -2.53. The molecular weight excluding hydrogens is 466 g/mol. The fraction of sp³-hybridized carbons (Fsp3) is 0.462. The highest BCUT2D eigenvalue weighted by Crippen LogP contribution is 2.48. The molecule has 9 heteroatoms. The minimum atomic E-state index is -0.984. The second-order valence-electron chi connectivity index (χ2n) is 9.58. The van der Waals surface area contributed by atoms with Gasteiger partial charge in [-0.2, -0.15) is 0 Å². The Kier molecular flexibility index (Phi) is 6.33. The van der Waals surface area contributed by atoms with Crippen LogP contribution < -0.4 is 15.4 Å². The summed E-state index contributed by atoms with van der Waals surface area (Å²) < 4.78 is 10.7. The predicted molar refractivity (Wildman–Crippen MR) is 132 cm³/mol. The molecule has 1 aromatic carbocycles. The number of benzene rings is 1. The third-order valence-corrected chi connectivity index (χ3v) is 8.67. The van der Waals surface area contributed by atoms with Gasteiger partial charge in [-0.1, -0.05) is 18.2 Å². The lowest BCUT2D eigenvalue weighted by Gasteiger charge is -2.45. The molecule has 35 heavy (non-hydrogen) atoms. The molecule has 3 aliphatic heterocycles. The summed E-state index contributed by atoms with van der Waals surface area (Å²) in [6.45, 7) is 2.38. The lowest BCUT2D eigenvalue weighted by molar-refractivity contribution is -0.136. The van der Waals surface area contributed by atoms with Gasteiger partial charge in [-0.05, 0) is 55.7 Å². The van der Waals surface area contributed by atoms with E-state index in [2.05, 4.69) is 15.5 Å². The highest BCUT2D eigenvalue weighted by molar-refractivity contribution is 7.10. The molecule has 2 fully saturated rings. The molecule has 0 aliphatic carbocycles. The number of thiophene rings is 1. The van der Waals surface area contributed by atoms with Gasteiger partial charge in [0.1, 0.15) is 5.75 Å². The van der Waals surface area contributed by atoms with Crippen molar-refractivity contribution in [1.82, 2.24) is 15.5 Å². The summed E-state index contributed by atoms with van der Waals surface area (Å²) in [4.78, 5) is 28.8. The lowest BCUT2D eigenvalue weighted by atomic mass is 9.80. The van der Waals surface area contributed by atoms with Crippen LogP contribution in [0.3, 0.4) is 0 Å². The number of rotatable bonds is 6. The minimum Gasteiger partial charge on any atom is -0.496 e. The van der Waals surface area contributed by atoms with Crippen molar-refractivity contribution in [2.45, 2.75) is 56.3 Å². The zero-order valence-electron chi connectivity index (χ0n) is 20.2. The Morgan fingerprint density at radius 3 is 2.54 bits per heavy atom. The molecule has 5 rings (SSSR count). The number of carbonyl (C=O) groups is 2. The van der Waals surface area contributed by atoms with Gasteiger partial charge >= 0.3 is 12.0 Å². The zero-order chi connectivity index (χ0) is 24.7. The van der Waals surface area contributed by atoms with Crippen LogP contribution in [0.2, 0.25) is 0 Å². The number of piperidine rings is 1. The average Bonchev–Trinajstić information content (AvgIpc) is 3.38. The predicted octanol–water partition coefficient (Wildman–Crippen LogP) is 3.36. The summed E-state index contributed by atoms with van der Waals surface area (Å²) in [6.07, 6.45) is 3.01. The molecule has 0 spiro atoms. The summed E-state index contributed by atoms with van der Waals surface area (Å²) in [7, 11) is 2.98. The van der Waals surface area contributed by atoms with E-state index in [0.717, 1.165) is 28.8 Å². The van der Waals surface area contributed by atoms with Crippen LogP contribution in [0, 0.1) is 6.92 Å². The second-order valence-corrected chi connectivity index (χ2v) is 10.5. The largest absolute Gasteiger partial charge is 0.496 e. The van der Waals surface area contributed by atoms with Crippen molar-refractivity contribution >= 4 is 23.3 Å². The van der Waals surface area contributed by atoms with Crippen molar-refractivity contribution in [3.8, 4) is 5.75 Å². The topological polar surface area (TPSA) is 100 Å². The number of urea groups is 1. The molecular formula is C26H31N3O5S. The van der Waals surface area contributed by atoms with E-state index < -0.39 is 17.6 Å². The highest BCUT2D eigenvalue weighted by Gasteiger charge is 2.50. The van der Waals surface area contributed by atoms with E-state index in [1.165, 1.54) is 18.4 Å². The van der Waals surface area contributed by atoms with Crippen LogP contribution in [0.1, 0.15) is 47.7 Å². The normalized spacial score (nSPS) is 28.5. The molecule has 8 nitrogen and oxygen atoms in total. The van der Waals surface area contributed by atoms with Crippen molar-refractivity contribution < 1.29 is 24.2 Å². The van der Waals surface area contributed by atoms with Gasteiger partial charge in [0.2, 0.25) is 0 Å². The van der Waals surface area contributed by atoms with Gasteiger partial charge in [-0.3, -0.25) is 4.90 Å². The Labute approximate surface area is 208 Å². The molecule has 4 atom stereocenters. The SMILES string of the molecule is COC(=O)C1=C(CN2[C@@H]3CC[C@H]2CC(O)(c2ccccc2OC)C3)NC(=O)N[C@@H]1c1sccc1C. The zero-order valence-corrected chi connectivity index (χ0v) is 21.0. The Morgan fingerprint density at radius 2 is 1.91 bits per heavy atom. The first kappa shape index (κ1) is 23.8. The van der Waals surface area contributed by atoms with Gasteiger partial charge < -0.3 is 25.2 Å². The molecule has 1 aromatic heterocycles. The van der Waals surface area contributed by atoms with Gasteiger partial charge in [0.25, 0.3) is 0 Å². The monoisotopic (exact) mass is 497 g/mol. The number of amides is 2. The fourth-order valence-electron chi connectivity index (χ4n) is 5.98. The summed E-state index contributed by atoms with van der Waals surface area (Å²) in [5.41, 5.74) is 1.85. The van der Waals surface area contributed by atoms with Crippen molar-refractivity contribution in [2.24, 2.45) is 0 Å². The second kappa shape index (κ2) is 9.29. The van der Waals surface area contributed by atoms with E-state index in [1.54, 1.807) is 7.11 Å². The van der Waals surface area contributed by atoms with Crippen LogP contribution >= 0.6 is 11.3 Å². The molecule has 2 aromatic rings. The van der Waals surface area contributed by atoms with Gasteiger partial charge in [-0.25, -0.2) is 9.59 Å². The number of ether oxygens (including phenoxy) is 2. The third kappa shape index (κ3) is 4.22. The quantitative estimate of drug-likeness (QED) is 0.530. The Bertz CT molecular complexity index is 1160. The molecule has 3 aliphatic rings. The highest BCUT2D eigenvalue weighted by atomic mass is 32.1. The first-order valence-corrected chi connectivity index (χ1v) is 12.8. The van der Waals surface area contributed by atoms with E-state index >= 15 is 0 Å². The molecule has 186 valence electrons. The van der Waals surface area contributed by atoms with Gasteiger partial charge in [0.05, 0.1) is 31.4 Å². The summed E-state index contributed by atoms with van der Waals surface area (Å²) in [5.74, 6) is 0.235. The van der Waals surface area contributed by atoms with Crippen molar-refractivity contribution in [2.75, 3.05) is 20.8 Å². The van der Waals surface area contributed by atoms with Gasteiger partial charge in [0.15, 0.2) is 0 Å². The number of nitrogens with one attached hydrogen (secondary N) is 2. The van der Waals surface area contributed by atoms with Gasteiger partial charge in [-0.15, -0.1) is 11.3 Å². The maximum atomic E-state index is 12.9. The average molecular weight is 498 g/mol. The molecule has 2 saturated heterocycles. The number of carbonyl (C=O) groups excluding carboxylic acids is 2. The van der Waals surface area contributed by atoms with Crippen LogP contribution in [-0.4, -0.2) is 54.9 Å². The number of nitrogens with zero attached hydrogens (tertiary/aromatic N) is 1. The van der Waals surface area contributed by atoms with Gasteiger partial charge in [0, 0.05) is 34.8 Å². The molecule has 1 unspecified atom stereocenters. The Balaban J connectivity index is 1.46. The standard InChI is InChI=1S/C26H31N3O5S/c1-15-10-11-35-23(15)22-21(24(30)34-3)19(27-25(31)28-22)14-29-16-8-9-17(29)13-26(32,12-16)18-6-4-5-7-20(18)33-2/h4-7,10-11,16-17,22,32H,8-9,12-14H2,1-3H3,(H2,27,28,31)/t16-,17+,22-,26?/m0/s1. The summed E-state index contributed by atoms with van der Waals surface area (Å²) in [6, 6.07) is 8.97. The van der Waals surface area contributed by atoms with Crippen LogP contribution in [0.4, 0.5) is 4.79 Å². The van der Waals surface area contributed by atoms with Crippen molar-refractivity contribution in [3.63, 3.8) is 0 Å². The van der Waals surface area contributed by atoms with Crippen LogP contribution in [-0.2, 0) is 15.1 Å². The molecule has 0 radical (unpaired) electrons. The minimum absolute atomic E-state index is 0.115. The smallest absolute Gasteiger partial charge is 0.338 e. The number of methoxy groups -OCH3 is 2. The number of esters is 1. The number of fused-ring (bicyclic) bond motifs is 2. The van der Waals surface area contributed by atoms with E-state index in [9.17, 15) is 14.7 Å². The Morgan fingerprint density at radius 1 is 1.20 bits per heavy atom. The molecule has 3 N–H and O–H groups in total. The number of para-hydroxylation sites is 1. The number of hydrogen-bond donors (Lipinski definition) is 3. The van der Waals surface area contributed by atoms with E-state index in [0.29, 0.717) is 36.4 Å². The maximum Gasteiger partial charge on any atom is 0.338 e. The fourth-order valence-corrected chi connectivity index (χ4v) is 6.96. The molecule has 2 bridgehead atoms. The number of aliphatic hydroxyl groups is 1. The van der Waals surface area contributed by atoms with E-state index in [4.69, 9.17) is 9.47 Å². The Hall–Kier alpha value is -2.88. The van der Waals surface area contributed by atoms with E-state index in [1.807, 2.05) is 42.6 Å². The van der Waals surface area contributed by atoms with Crippen LogP contribution in [0.15, 0.2) is 47.0 Å². The van der Waals surface area contributed by atoms with E-state index in [-0.39, 0.29) is 18.1 Å². The van der Waals surface area contributed by atoms with Crippen LogP contribution in [0.5, 0.6) is 5.75 Å².